The highest BCUT2D eigenvalue weighted by molar-refractivity contribution is 7.92. The van der Waals surface area contributed by atoms with E-state index in [0.29, 0.717) is 16.5 Å². The fourth-order valence-electron chi connectivity index (χ4n) is 3.19. The van der Waals surface area contributed by atoms with Gasteiger partial charge in [-0.05, 0) is 42.0 Å². The lowest BCUT2D eigenvalue weighted by Crippen LogP contribution is -2.50. The number of para-hydroxylation sites is 2. The third-order valence-electron chi connectivity index (χ3n) is 4.74. The first-order valence-corrected chi connectivity index (χ1v) is 11.1. The molecule has 0 spiro atoms. The molecule has 1 N–H and O–H groups in total. The molecule has 0 aliphatic carbocycles. The van der Waals surface area contributed by atoms with Crippen molar-refractivity contribution in [1.29, 1.82) is 0 Å². The second kappa shape index (κ2) is 8.38. The van der Waals surface area contributed by atoms with Gasteiger partial charge in [-0.3, -0.25) is 9.10 Å². The predicted octanol–water partition coefficient (Wildman–Crippen LogP) is 3.61. The van der Waals surface area contributed by atoms with E-state index in [2.05, 4.69) is 5.32 Å². The molecular formula is C22H19ClN2O4S. The van der Waals surface area contributed by atoms with Crippen LogP contribution in [-0.4, -0.2) is 27.0 Å². The molecule has 0 bridgehead atoms. The summed E-state index contributed by atoms with van der Waals surface area (Å²) < 4.78 is 33.6. The van der Waals surface area contributed by atoms with Gasteiger partial charge in [-0.15, -0.1) is 0 Å². The van der Waals surface area contributed by atoms with Crippen molar-refractivity contribution in [3.63, 3.8) is 0 Å². The second-order valence-electron chi connectivity index (χ2n) is 6.77. The van der Waals surface area contributed by atoms with E-state index in [1.54, 1.807) is 54.6 Å². The van der Waals surface area contributed by atoms with Crippen LogP contribution >= 0.6 is 11.6 Å². The summed E-state index contributed by atoms with van der Waals surface area (Å²) in [6.07, 6.45) is -0.981. The van der Waals surface area contributed by atoms with Gasteiger partial charge in [0.05, 0.1) is 17.1 Å². The monoisotopic (exact) mass is 442 g/mol. The molecule has 3 aromatic carbocycles. The summed E-state index contributed by atoms with van der Waals surface area (Å²) >= 11 is 5.88. The molecule has 154 valence electrons. The number of carbonyl (C=O) groups is 1. The van der Waals surface area contributed by atoms with Crippen LogP contribution in [0.15, 0.2) is 83.8 Å². The molecular weight excluding hydrogens is 424 g/mol. The number of fused-ring (bicyclic) bond motifs is 1. The quantitative estimate of drug-likeness (QED) is 0.655. The maximum absolute atomic E-state index is 13.3. The minimum absolute atomic E-state index is 0.124. The molecule has 1 aliphatic rings. The Morgan fingerprint density at radius 2 is 1.67 bits per heavy atom. The summed E-state index contributed by atoms with van der Waals surface area (Å²) in [6, 6.07) is 22.0. The molecule has 1 unspecified atom stereocenters. The molecule has 3 aromatic rings. The number of benzene rings is 3. The number of hydrogen-bond donors (Lipinski definition) is 1. The van der Waals surface area contributed by atoms with Crippen molar-refractivity contribution in [1.82, 2.24) is 5.32 Å². The maximum atomic E-state index is 13.3. The SMILES string of the molecule is O=C(NCc1ccc(Cl)cc1)C1CN(S(=O)(=O)c2ccccc2)c2ccccc2O1. The summed E-state index contributed by atoms with van der Waals surface area (Å²) in [4.78, 5) is 12.9. The predicted molar refractivity (Wildman–Crippen MR) is 115 cm³/mol. The standard InChI is InChI=1S/C22H19ClN2O4S/c23-17-12-10-16(11-13-17)14-24-22(26)21-15-25(19-8-4-5-9-20(19)29-21)30(27,28)18-6-2-1-3-7-18/h1-13,21H,14-15H2,(H,24,26). The summed E-state index contributed by atoms with van der Waals surface area (Å²) in [6.45, 7) is 0.156. The molecule has 0 saturated carbocycles. The first-order chi connectivity index (χ1) is 14.4. The van der Waals surface area contributed by atoms with Gasteiger partial charge in [-0.2, -0.15) is 0 Å². The highest BCUT2D eigenvalue weighted by Gasteiger charge is 2.37. The summed E-state index contributed by atoms with van der Waals surface area (Å²) in [5.74, 6) is -0.0531. The number of ether oxygens (including phenoxy) is 1. The molecule has 1 atom stereocenters. The van der Waals surface area contributed by atoms with Gasteiger partial charge < -0.3 is 10.1 Å². The third kappa shape index (κ3) is 4.13. The lowest BCUT2D eigenvalue weighted by atomic mass is 10.2. The van der Waals surface area contributed by atoms with E-state index < -0.39 is 22.0 Å². The van der Waals surface area contributed by atoms with Gasteiger partial charge in [0.25, 0.3) is 15.9 Å². The van der Waals surface area contributed by atoms with Crippen molar-refractivity contribution < 1.29 is 17.9 Å². The second-order valence-corrected chi connectivity index (χ2v) is 9.07. The van der Waals surface area contributed by atoms with E-state index in [0.717, 1.165) is 5.56 Å². The van der Waals surface area contributed by atoms with E-state index in [9.17, 15) is 13.2 Å². The van der Waals surface area contributed by atoms with Crippen LogP contribution in [0.2, 0.25) is 5.02 Å². The van der Waals surface area contributed by atoms with Gasteiger partial charge in [0.15, 0.2) is 6.10 Å². The fraction of sp³-hybridized carbons (Fsp3) is 0.136. The van der Waals surface area contributed by atoms with E-state index >= 15 is 0 Å². The van der Waals surface area contributed by atoms with Gasteiger partial charge in [-0.1, -0.05) is 54.1 Å². The Balaban J connectivity index is 1.58. The molecule has 0 saturated heterocycles. The van der Waals surface area contributed by atoms with Crippen molar-refractivity contribution in [2.24, 2.45) is 0 Å². The zero-order valence-corrected chi connectivity index (χ0v) is 17.4. The smallest absolute Gasteiger partial charge is 0.264 e. The molecule has 1 amide bonds. The van der Waals surface area contributed by atoms with Crippen LogP contribution < -0.4 is 14.4 Å². The molecule has 0 radical (unpaired) electrons. The number of hydrogen-bond acceptors (Lipinski definition) is 4. The van der Waals surface area contributed by atoms with Gasteiger partial charge in [0.2, 0.25) is 0 Å². The summed E-state index contributed by atoms with van der Waals surface area (Å²) in [5, 5.41) is 3.41. The van der Waals surface area contributed by atoms with E-state index in [1.807, 2.05) is 12.1 Å². The lowest BCUT2D eigenvalue weighted by Gasteiger charge is -2.34. The number of carbonyl (C=O) groups excluding carboxylic acids is 1. The number of nitrogens with one attached hydrogen (secondary N) is 1. The van der Waals surface area contributed by atoms with Gasteiger partial charge in [-0.25, -0.2) is 8.42 Å². The zero-order chi connectivity index (χ0) is 21.1. The normalized spacial score (nSPS) is 15.8. The Morgan fingerprint density at radius 3 is 2.40 bits per heavy atom. The third-order valence-corrected chi connectivity index (χ3v) is 6.78. The number of rotatable bonds is 5. The maximum Gasteiger partial charge on any atom is 0.264 e. The highest BCUT2D eigenvalue weighted by Crippen LogP contribution is 2.36. The van der Waals surface area contributed by atoms with Crippen LogP contribution in [0, 0.1) is 0 Å². The Bertz CT molecular complexity index is 1150. The molecule has 1 heterocycles. The Labute approximate surface area is 180 Å². The molecule has 1 aliphatic heterocycles. The summed E-state index contributed by atoms with van der Waals surface area (Å²) in [7, 11) is -3.86. The number of nitrogens with zero attached hydrogens (tertiary/aromatic N) is 1. The average molecular weight is 443 g/mol. The average Bonchev–Trinajstić information content (AvgIpc) is 2.78. The molecule has 0 fully saturated rings. The van der Waals surface area contributed by atoms with Crippen LogP contribution in [-0.2, 0) is 21.4 Å². The van der Waals surface area contributed by atoms with Crippen LogP contribution in [0.3, 0.4) is 0 Å². The van der Waals surface area contributed by atoms with Gasteiger partial charge in [0.1, 0.15) is 5.75 Å². The van der Waals surface area contributed by atoms with Crippen molar-refractivity contribution in [3.8, 4) is 5.75 Å². The Morgan fingerprint density at radius 1 is 1.00 bits per heavy atom. The van der Waals surface area contributed by atoms with Crippen LogP contribution in [0.25, 0.3) is 0 Å². The molecule has 8 heteroatoms. The Kier molecular flexibility index (Phi) is 5.65. The van der Waals surface area contributed by atoms with Crippen LogP contribution in [0.1, 0.15) is 5.56 Å². The zero-order valence-electron chi connectivity index (χ0n) is 15.9. The first kappa shape index (κ1) is 20.3. The minimum atomic E-state index is -3.86. The number of amides is 1. The lowest BCUT2D eigenvalue weighted by molar-refractivity contribution is -0.127. The number of sulfonamides is 1. The Hall–Kier alpha value is -3.03. The van der Waals surface area contributed by atoms with Crippen molar-refractivity contribution >= 4 is 33.2 Å². The molecule has 0 aromatic heterocycles. The topological polar surface area (TPSA) is 75.7 Å². The number of anilines is 1. The molecule has 30 heavy (non-hydrogen) atoms. The van der Waals surface area contributed by atoms with Gasteiger partial charge >= 0.3 is 0 Å². The fourth-order valence-corrected chi connectivity index (χ4v) is 4.81. The van der Waals surface area contributed by atoms with Crippen molar-refractivity contribution in [2.45, 2.75) is 17.5 Å². The number of halogens is 1. The minimum Gasteiger partial charge on any atom is -0.476 e. The van der Waals surface area contributed by atoms with Crippen molar-refractivity contribution in [3.05, 3.63) is 89.4 Å². The molecule has 6 nitrogen and oxygen atoms in total. The van der Waals surface area contributed by atoms with Crippen LogP contribution in [0.5, 0.6) is 5.75 Å². The summed E-state index contributed by atoms with van der Waals surface area (Å²) in [5.41, 5.74) is 1.28. The van der Waals surface area contributed by atoms with E-state index in [1.165, 1.54) is 16.4 Å². The van der Waals surface area contributed by atoms with Crippen LogP contribution in [0.4, 0.5) is 5.69 Å². The first-order valence-electron chi connectivity index (χ1n) is 9.31. The highest BCUT2D eigenvalue weighted by atomic mass is 35.5. The molecule has 4 rings (SSSR count). The van der Waals surface area contributed by atoms with E-state index in [4.69, 9.17) is 16.3 Å². The van der Waals surface area contributed by atoms with Crippen molar-refractivity contribution in [2.75, 3.05) is 10.8 Å². The van der Waals surface area contributed by atoms with Gasteiger partial charge in [0, 0.05) is 11.6 Å². The van der Waals surface area contributed by atoms with E-state index in [-0.39, 0.29) is 18.0 Å². The largest absolute Gasteiger partial charge is 0.476 e.